The molecule has 8 fully saturated rings. The molecule has 2 unspecified atom stereocenters. The fourth-order valence-electron chi connectivity index (χ4n) is 20.3. The summed E-state index contributed by atoms with van der Waals surface area (Å²) in [5.74, 6) is -1.62. The van der Waals surface area contributed by atoms with Gasteiger partial charge in [0.1, 0.15) is 27.9 Å². The lowest BCUT2D eigenvalue weighted by molar-refractivity contribution is -0.138. The van der Waals surface area contributed by atoms with Gasteiger partial charge in [-0.25, -0.2) is 18.7 Å². The molecular weight excluding hydrogens is 1710 g/mol. The number of likely N-dealkylation sites (N-methyl/N-ethyl adjacent to an activating group) is 2. The monoisotopic (exact) mass is 1820 g/mol. The van der Waals surface area contributed by atoms with E-state index in [-0.39, 0.29) is 138 Å². The number of amides is 8. The molecule has 8 amide bonds. The van der Waals surface area contributed by atoms with E-state index in [1.54, 1.807) is 38.6 Å². The number of nitrogens with zero attached hydrogens (tertiary/aromatic N) is 14. The Labute approximate surface area is 760 Å². The Hall–Kier alpha value is -11.7. The third-order valence-corrected chi connectivity index (χ3v) is 27.9. The zero-order valence-electron chi connectivity index (χ0n) is 74.3. The summed E-state index contributed by atoms with van der Waals surface area (Å²) in [6.45, 7) is 22.4. The van der Waals surface area contributed by atoms with E-state index in [1.807, 2.05) is 75.1 Å². The molecule has 8 aromatic rings. The van der Waals surface area contributed by atoms with Crippen molar-refractivity contribution < 1.29 is 61.3 Å². The standard InChI is InChI=1S/C48H59ClN10O6.C45H51ClF2N10O7/c1-28(2)42-34-24-58(38-10-11-40(60)53-44(38)62)45(63)33(34)7-9-37(42)57-26-48(27-57)14-18-55(19-15-48)23-30-12-16-56(17-13-30)47-51-22-35(49)43(54-47)52-32-6-8-36-31(20-32)21-39(65-25-41(61)50-5)46(64)59(36)29(3)4;1-24(2)58-33-5-4-26(16-25(33)17-36(43(58)62)64-23-38(60)49-3)51-41-31(46)21-50-45(53-41)56-10-8-28(9-11-56)65-29-18-27(19-29)54-12-14-55(15-13-54)35-20-32(47)39-30(40(35)48)22-57(44(39)63)34-6-7-37(59)52-42(34)61/h6-9,20-22,28-30,38H,10-19,23-27H2,1-5H3,(H,50,61)(H,51,52,54)(H,53,60,62);4-5,16-17,20-21,24,27-29,34H,6-15,18-19,22-23H2,1-3H3,(H,49,60)(H,50,51,53)(H,52,59,61). The molecule has 9 aliphatic heterocycles. The number of nitrogens with one attached hydrogen (secondary N) is 6. The van der Waals surface area contributed by atoms with Gasteiger partial charge in [-0.05, 0) is 189 Å². The Balaban J connectivity index is 0.000000182. The van der Waals surface area contributed by atoms with E-state index < -0.39 is 41.4 Å². The van der Waals surface area contributed by atoms with Crippen molar-refractivity contribution >= 4 is 139 Å². The summed E-state index contributed by atoms with van der Waals surface area (Å²) < 4.78 is 52.5. The third-order valence-electron chi connectivity index (χ3n) is 27.4. The first kappa shape index (κ1) is 90.3. The van der Waals surface area contributed by atoms with Crippen LogP contribution in [0.3, 0.4) is 0 Å². The molecule has 33 nitrogen and oxygen atoms in total. The number of hydrogen-bond donors (Lipinski definition) is 6. The minimum Gasteiger partial charge on any atom is -0.478 e. The highest BCUT2D eigenvalue weighted by atomic mass is 35.5. The lowest BCUT2D eigenvalue weighted by atomic mass is 9.71. The van der Waals surface area contributed by atoms with Crippen LogP contribution in [0.1, 0.15) is 174 Å². The summed E-state index contributed by atoms with van der Waals surface area (Å²) in [4.78, 5) is 161. The second-order valence-corrected chi connectivity index (χ2v) is 37.5. The van der Waals surface area contributed by atoms with Crippen LogP contribution in [0.25, 0.3) is 21.8 Å². The third kappa shape index (κ3) is 18.5. The van der Waals surface area contributed by atoms with Gasteiger partial charge in [0.2, 0.25) is 35.5 Å². The van der Waals surface area contributed by atoms with Crippen molar-refractivity contribution in [3.8, 4) is 11.5 Å². The first-order chi connectivity index (χ1) is 62.5. The topological polar surface area (TPSA) is 358 Å². The van der Waals surface area contributed by atoms with Gasteiger partial charge in [0, 0.05) is 174 Å². The average Bonchev–Trinajstić information content (AvgIpc) is 1.58. The van der Waals surface area contributed by atoms with Crippen molar-refractivity contribution in [2.75, 3.05) is 143 Å². The van der Waals surface area contributed by atoms with Crippen molar-refractivity contribution in [3.63, 3.8) is 0 Å². The maximum absolute atomic E-state index is 16.0. The molecule has 0 radical (unpaired) electrons. The Morgan fingerprint density at radius 3 is 1.57 bits per heavy atom. The molecule has 4 aromatic carbocycles. The number of imide groups is 2. The summed E-state index contributed by atoms with van der Waals surface area (Å²) >= 11 is 13.2. The zero-order valence-corrected chi connectivity index (χ0v) is 75.8. The SMILES string of the molecule is CNC(=O)COc1cc2cc(Nc3nc(N4CCC(CN5CCC6(CC5)CN(c5ccc7c(c5C(C)C)CN(C5CCC(=O)NC5=O)C7=O)C6)CC4)ncc3Cl)ccc2n(C(C)C)c1=O.CNC(=O)COc1cc2cc(Nc3nc(N4CCC(OC5CC(N6CCN(c7cc(F)c8c(c7F)CN(C7CCC(=O)NC7=O)C8=O)CC6)C5)CC4)ncc3Cl)ccc2n(C(C)C)c1=O. The van der Waals surface area contributed by atoms with Crippen molar-refractivity contribution in [1.29, 1.82) is 0 Å². The van der Waals surface area contributed by atoms with Crippen LogP contribution in [-0.2, 0) is 46.6 Å². The number of carbonyl (C=O) groups is 8. The number of pyridine rings is 2. The molecule has 1 aliphatic carbocycles. The number of benzene rings is 4. The number of hydrogen-bond acceptors (Lipinski definition) is 25. The number of halogens is 4. The predicted octanol–water partition coefficient (Wildman–Crippen LogP) is 9.87. The maximum Gasteiger partial charge on any atom is 0.293 e. The first-order valence-electron chi connectivity index (χ1n) is 45.2. The summed E-state index contributed by atoms with van der Waals surface area (Å²) in [6.07, 6.45) is 12.1. The Morgan fingerprint density at radius 1 is 0.562 bits per heavy atom. The highest BCUT2D eigenvalue weighted by Gasteiger charge is 2.49. The van der Waals surface area contributed by atoms with Crippen LogP contribution in [0, 0.1) is 23.0 Å². The molecule has 7 saturated heterocycles. The maximum atomic E-state index is 16.0. The van der Waals surface area contributed by atoms with Crippen molar-refractivity contribution in [1.82, 2.24) is 69.9 Å². The molecule has 6 N–H and O–H groups in total. The fraction of sp³-hybridized carbons (Fsp3) is 0.505. The lowest BCUT2D eigenvalue weighted by Gasteiger charge is -2.56. The number of piperidine rings is 5. The van der Waals surface area contributed by atoms with E-state index in [9.17, 15) is 47.9 Å². The highest BCUT2D eigenvalue weighted by molar-refractivity contribution is 6.33. The van der Waals surface area contributed by atoms with E-state index >= 15 is 8.78 Å². The molecular formula is C93H110Cl2F2N20O13. The van der Waals surface area contributed by atoms with Gasteiger partial charge in [-0.15, -0.1) is 0 Å². The van der Waals surface area contributed by atoms with Gasteiger partial charge in [0.05, 0.1) is 53.4 Å². The van der Waals surface area contributed by atoms with Gasteiger partial charge in [-0.3, -0.25) is 63.5 Å². The number of fused-ring (bicyclic) bond motifs is 4. The first-order valence-corrected chi connectivity index (χ1v) is 45.9. The molecule has 1 saturated carbocycles. The Kier molecular flexibility index (Phi) is 26.2. The zero-order chi connectivity index (χ0) is 91.4. The fourth-order valence-corrected chi connectivity index (χ4v) is 20.5. The number of piperazine rings is 1. The Morgan fingerprint density at radius 2 is 1.07 bits per heavy atom. The lowest BCUT2D eigenvalue weighted by Crippen LogP contribution is -2.61. The summed E-state index contributed by atoms with van der Waals surface area (Å²) in [5.41, 5.74) is 6.39. The average molecular weight is 1820 g/mol. The van der Waals surface area contributed by atoms with E-state index in [0.29, 0.717) is 120 Å². The summed E-state index contributed by atoms with van der Waals surface area (Å²) in [6, 6.07) is 18.2. The molecule has 130 heavy (non-hydrogen) atoms. The van der Waals surface area contributed by atoms with Gasteiger partial charge in [-0.2, -0.15) is 9.97 Å². The van der Waals surface area contributed by atoms with Crippen LogP contribution < -0.4 is 72.1 Å². The number of rotatable bonds is 24. The minimum absolute atomic E-state index is 0.0493. The molecule has 1 spiro atoms. The van der Waals surface area contributed by atoms with Gasteiger partial charge in [0.15, 0.2) is 42.2 Å². The van der Waals surface area contributed by atoms with E-state index in [1.165, 1.54) is 38.2 Å². The molecule has 2 atom stereocenters. The molecule has 688 valence electrons. The van der Waals surface area contributed by atoms with E-state index in [0.717, 1.165) is 123 Å². The number of anilines is 8. The molecule has 10 aliphatic rings. The van der Waals surface area contributed by atoms with Crippen LogP contribution in [0.15, 0.2) is 88.7 Å². The normalized spacial score (nSPS) is 20.9. The van der Waals surface area contributed by atoms with Crippen LogP contribution >= 0.6 is 23.2 Å². The predicted molar refractivity (Wildman–Crippen MR) is 488 cm³/mol. The van der Waals surface area contributed by atoms with Crippen molar-refractivity contribution in [2.24, 2.45) is 11.3 Å². The summed E-state index contributed by atoms with van der Waals surface area (Å²) in [5, 5.41) is 18.5. The second-order valence-electron chi connectivity index (χ2n) is 36.7. The number of likely N-dealkylation sites (tertiary alicyclic amines) is 1. The molecule has 4 aromatic heterocycles. The number of ether oxygens (including phenoxy) is 3. The Bertz CT molecular complexity index is 5910. The van der Waals surface area contributed by atoms with Crippen LogP contribution in [0.5, 0.6) is 11.5 Å². The molecule has 13 heterocycles. The molecule has 0 bridgehead atoms. The van der Waals surface area contributed by atoms with Gasteiger partial charge < -0.3 is 78.9 Å². The van der Waals surface area contributed by atoms with Gasteiger partial charge >= 0.3 is 0 Å². The van der Waals surface area contributed by atoms with Gasteiger partial charge in [0.25, 0.3) is 34.7 Å². The van der Waals surface area contributed by atoms with Gasteiger partial charge in [-0.1, -0.05) is 37.0 Å². The van der Waals surface area contributed by atoms with Crippen LogP contribution in [0.4, 0.5) is 55.1 Å². The van der Waals surface area contributed by atoms with Crippen LogP contribution in [0.2, 0.25) is 10.0 Å². The largest absolute Gasteiger partial charge is 0.478 e. The van der Waals surface area contributed by atoms with Crippen molar-refractivity contribution in [3.05, 3.63) is 149 Å². The number of aromatic nitrogens is 6. The van der Waals surface area contributed by atoms with E-state index in [4.69, 9.17) is 47.4 Å². The quantitative estimate of drug-likeness (QED) is 0.0306. The molecule has 18 rings (SSSR count). The van der Waals surface area contributed by atoms with Crippen molar-refractivity contribution in [2.45, 2.75) is 180 Å². The number of carbonyl (C=O) groups excluding carboxylic acids is 8. The smallest absolute Gasteiger partial charge is 0.293 e. The minimum atomic E-state index is -0.954. The van der Waals surface area contributed by atoms with E-state index in [2.05, 4.69) is 86.3 Å². The second kappa shape index (κ2) is 37.7. The summed E-state index contributed by atoms with van der Waals surface area (Å²) in [7, 11) is 3.02. The molecule has 37 heteroatoms. The highest BCUT2D eigenvalue weighted by Crippen LogP contribution is 2.48. The van der Waals surface area contributed by atoms with Crippen LogP contribution in [-0.4, -0.2) is 239 Å².